The van der Waals surface area contributed by atoms with Crippen molar-refractivity contribution in [2.75, 3.05) is 19.7 Å². The summed E-state index contributed by atoms with van der Waals surface area (Å²) in [6.45, 7) is 4.88. The average molecular weight is 1060 g/mol. The van der Waals surface area contributed by atoms with Crippen LogP contribution < -0.4 is 59.7 Å². The van der Waals surface area contributed by atoms with Crippen molar-refractivity contribution in [1.82, 2.24) is 52.5 Å². The van der Waals surface area contributed by atoms with Crippen molar-refractivity contribution in [2.24, 2.45) is 34.0 Å². The molecule has 0 aliphatic heterocycles. The summed E-state index contributed by atoms with van der Waals surface area (Å²) in [6.07, 6.45) is -0.239. The van der Waals surface area contributed by atoms with Gasteiger partial charge in [0.05, 0.1) is 25.9 Å². The number of imidazole rings is 1. The lowest BCUT2D eigenvalue weighted by atomic mass is 9.99. The Morgan fingerprint density at radius 2 is 1.16 bits per heavy atom. The van der Waals surface area contributed by atoms with E-state index in [-0.39, 0.29) is 56.2 Å². The van der Waals surface area contributed by atoms with Gasteiger partial charge < -0.3 is 85.1 Å². The van der Waals surface area contributed by atoms with E-state index >= 15 is 0 Å². The Kier molecular flexibility index (Phi) is 26.9. The first-order chi connectivity index (χ1) is 35.3. The second-order valence-electron chi connectivity index (χ2n) is 18.0. The van der Waals surface area contributed by atoms with Gasteiger partial charge in [0.2, 0.25) is 47.3 Å². The van der Waals surface area contributed by atoms with E-state index in [4.69, 9.17) is 17.2 Å². The van der Waals surface area contributed by atoms with Crippen LogP contribution in [0.5, 0.6) is 0 Å². The van der Waals surface area contributed by atoms with Crippen molar-refractivity contribution < 1.29 is 73.2 Å². The molecule has 0 spiro atoms. The van der Waals surface area contributed by atoms with Crippen molar-refractivity contribution in [3.8, 4) is 0 Å². The van der Waals surface area contributed by atoms with Crippen LogP contribution >= 0.6 is 0 Å². The smallest absolute Gasteiger partial charge is 0.326 e. The fourth-order valence-electron chi connectivity index (χ4n) is 7.13. The van der Waals surface area contributed by atoms with Gasteiger partial charge in [0, 0.05) is 37.7 Å². The summed E-state index contributed by atoms with van der Waals surface area (Å²) in [5.74, 6) is -13.6. The molecule has 29 nitrogen and oxygen atoms in total. The Morgan fingerprint density at radius 1 is 0.627 bits per heavy atom. The highest BCUT2D eigenvalue weighted by atomic mass is 16.4. The third-order valence-corrected chi connectivity index (χ3v) is 11.0. The van der Waals surface area contributed by atoms with Gasteiger partial charge >= 0.3 is 17.9 Å². The zero-order chi connectivity index (χ0) is 56.4. The van der Waals surface area contributed by atoms with Crippen LogP contribution in [0.15, 0.2) is 47.8 Å². The van der Waals surface area contributed by atoms with Crippen LogP contribution in [0.3, 0.4) is 0 Å². The molecule has 1 aromatic heterocycles. The Labute approximate surface area is 431 Å². The van der Waals surface area contributed by atoms with Gasteiger partial charge in [-0.3, -0.25) is 52.9 Å². The molecular weight excluding hydrogens is 989 g/mol. The Hall–Kier alpha value is -8.21. The van der Waals surface area contributed by atoms with Crippen molar-refractivity contribution in [1.29, 1.82) is 0 Å². The van der Waals surface area contributed by atoms with E-state index in [0.29, 0.717) is 5.56 Å². The number of aromatic amines is 1. The number of amides is 8. The molecular formula is C46H70N14O15. The molecule has 0 bridgehead atoms. The lowest BCUT2D eigenvalue weighted by Crippen LogP contribution is -2.61. The average Bonchev–Trinajstić information content (AvgIpc) is 3.86. The van der Waals surface area contributed by atoms with Gasteiger partial charge in [0.1, 0.15) is 48.3 Å². The fourth-order valence-corrected chi connectivity index (χ4v) is 7.13. The highest BCUT2D eigenvalue weighted by molar-refractivity contribution is 5.98. The third kappa shape index (κ3) is 23.5. The number of H-pyrrole nitrogens is 1. The number of nitrogens with two attached hydrogens (primary N) is 3. The number of hydrogen-bond acceptors (Lipinski definition) is 15. The maximum absolute atomic E-state index is 14.2. The maximum atomic E-state index is 14.2. The Morgan fingerprint density at radius 3 is 1.69 bits per heavy atom. The van der Waals surface area contributed by atoms with Gasteiger partial charge in [0.15, 0.2) is 5.96 Å². The number of aliphatic hydroxyl groups is 1. The molecule has 8 amide bonds. The standard InChI is InChI=1S/C46H70N14O15/c1-23(2)15-29(40(69)59-33(21-61)43(72)58-32(45(74)75)16-25-9-6-5-7-10-25)57-44(73)37(24(3)4)60-39(68)28(12-13-35(63)64)55-38(67)27(11-8-14-51-46(48)49)54-41(70)30(17-26-20-50-22-52-26)56-42(71)31(18-36(65)66)53-34(62)19-47/h5-7,9-10,20,22-24,27-33,37,61H,8,11-19,21,47H2,1-4H3,(H,50,52)(H,53,62)(H,54,70)(H,55,67)(H,56,71)(H,57,73)(H,58,72)(H,59,69)(H,60,68)(H,63,64)(H,65,66)(H,74,75)(H4,48,49,51)/t27-,28-,29-,30-,31-,32-,33-,37-/m0/s1. The molecule has 414 valence electrons. The zero-order valence-electron chi connectivity index (χ0n) is 42.0. The van der Waals surface area contributed by atoms with Gasteiger partial charge in [-0.15, -0.1) is 0 Å². The zero-order valence-corrected chi connectivity index (χ0v) is 42.0. The summed E-state index contributed by atoms with van der Waals surface area (Å²) < 4.78 is 0. The molecule has 1 heterocycles. The number of aliphatic carboxylic acids is 3. The quantitative estimate of drug-likeness (QED) is 0.0178. The molecule has 1 aromatic carbocycles. The number of aliphatic hydroxyl groups excluding tert-OH is 1. The van der Waals surface area contributed by atoms with Crippen molar-refractivity contribution >= 4 is 71.1 Å². The second kappa shape index (κ2) is 32.1. The highest BCUT2D eigenvalue weighted by Gasteiger charge is 2.36. The molecule has 8 atom stereocenters. The molecule has 0 fully saturated rings. The number of nitrogens with zero attached hydrogens (tertiary/aromatic N) is 2. The molecule has 2 aromatic rings. The summed E-state index contributed by atoms with van der Waals surface area (Å²) in [4.78, 5) is 155. The molecule has 0 radical (unpaired) electrons. The van der Waals surface area contributed by atoms with Gasteiger partial charge in [0.25, 0.3) is 0 Å². The number of benzene rings is 1. The predicted octanol–water partition coefficient (Wildman–Crippen LogP) is -4.80. The van der Waals surface area contributed by atoms with E-state index in [1.807, 2.05) is 0 Å². The van der Waals surface area contributed by atoms with Gasteiger partial charge in [-0.2, -0.15) is 0 Å². The first-order valence-electron chi connectivity index (χ1n) is 23.8. The number of carbonyl (C=O) groups excluding carboxylic acids is 8. The monoisotopic (exact) mass is 1060 g/mol. The van der Waals surface area contributed by atoms with Crippen LogP contribution in [-0.4, -0.2) is 170 Å². The summed E-state index contributed by atoms with van der Waals surface area (Å²) in [6, 6.07) is -4.10. The number of carboxylic acids is 3. The van der Waals surface area contributed by atoms with Crippen LogP contribution in [-0.2, 0) is 65.6 Å². The number of carbonyl (C=O) groups is 11. The fraction of sp³-hybridized carbons (Fsp3) is 0.543. The second-order valence-corrected chi connectivity index (χ2v) is 18.0. The molecule has 75 heavy (non-hydrogen) atoms. The number of aromatic nitrogens is 2. The number of aliphatic imine (C=N–C) groups is 1. The van der Waals surface area contributed by atoms with Crippen LogP contribution in [0, 0.1) is 11.8 Å². The van der Waals surface area contributed by atoms with Crippen LogP contribution in [0.1, 0.15) is 77.5 Å². The van der Waals surface area contributed by atoms with E-state index in [1.165, 1.54) is 26.4 Å². The van der Waals surface area contributed by atoms with Crippen LogP contribution in [0.4, 0.5) is 0 Å². The van der Waals surface area contributed by atoms with Gasteiger partial charge in [-0.1, -0.05) is 58.0 Å². The minimum absolute atomic E-state index is 0.0210. The molecule has 2 rings (SSSR count). The lowest BCUT2D eigenvalue weighted by Gasteiger charge is -2.29. The minimum atomic E-state index is -1.70. The first-order valence-corrected chi connectivity index (χ1v) is 23.8. The molecule has 0 saturated carbocycles. The number of guanidine groups is 1. The predicted molar refractivity (Wildman–Crippen MR) is 265 cm³/mol. The topological polar surface area (TPSA) is 484 Å². The third-order valence-electron chi connectivity index (χ3n) is 11.0. The number of nitrogens with one attached hydrogen (secondary N) is 9. The maximum Gasteiger partial charge on any atom is 0.326 e. The minimum Gasteiger partial charge on any atom is -0.481 e. The van der Waals surface area contributed by atoms with Gasteiger partial charge in [-0.25, -0.2) is 9.78 Å². The normalized spacial score (nSPS) is 14.2. The van der Waals surface area contributed by atoms with Crippen LogP contribution in [0.2, 0.25) is 0 Å². The summed E-state index contributed by atoms with van der Waals surface area (Å²) in [5.41, 5.74) is 17.1. The van der Waals surface area contributed by atoms with Gasteiger partial charge in [-0.05, 0) is 43.1 Å². The lowest BCUT2D eigenvalue weighted by molar-refractivity contribution is -0.142. The molecule has 19 N–H and O–H groups in total. The van der Waals surface area contributed by atoms with Crippen molar-refractivity contribution in [2.45, 2.75) is 127 Å². The highest BCUT2D eigenvalue weighted by Crippen LogP contribution is 2.12. The number of hydrogen-bond donors (Lipinski definition) is 16. The molecule has 0 unspecified atom stereocenters. The van der Waals surface area contributed by atoms with Crippen molar-refractivity contribution in [3.05, 3.63) is 54.1 Å². The van der Waals surface area contributed by atoms with E-state index in [0.717, 1.165) is 0 Å². The molecule has 29 heteroatoms. The van der Waals surface area contributed by atoms with E-state index in [9.17, 15) is 73.2 Å². The molecule has 0 aliphatic rings. The van der Waals surface area contributed by atoms with E-state index < -0.39 is 152 Å². The SMILES string of the molecule is CC(C)C[C@H](NC(=O)[C@@H](NC(=O)[C@H](CCC(=O)O)NC(=O)[C@H](CCCN=C(N)N)NC(=O)[C@H](Cc1cnc[nH]1)NC(=O)[C@H](CC(=O)O)NC(=O)CN)C(C)C)C(=O)N[C@@H](CO)C(=O)N[C@@H](Cc1ccccc1)C(=O)O. The first kappa shape index (κ1) is 62.9. The largest absolute Gasteiger partial charge is 0.481 e. The Bertz CT molecular complexity index is 2290. The van der Waals surface area contributed by atoms with E-state index in [1.54, 1.807) is 44.2 Å². The summed E-state index contributed by atoms with van der Waals surface area (Å²) >= 11 is 0. The molecule has 0 aliphatic carbocycles. The Balaban J connectivity index is 2.41. The molecule has 0 saturated heterocycles. The van der Waals surface area contributed by atoms with E-state index in [2.05, 4.69) is 57.5 Å². The summed E-state index contributed by atoms with van der Waals surface area (Å²) in [7, 11) is 0. The van der Waals surface area contributed by atoms with Crippen molar-refractivity contribution in [3.63, 3.8) is 0 Å². The van der Waals surface area contributed by atoms with Crippen LogP contribution in [0.25, 0.3) is 0 Å². The number of rotatable bonds is 34. The number of carboxylic acid groups (broad SMARTS) is 3. The summed E-state index contributed by atoms with van der Waals surface area (Å²) in [5, 5.41) is 58.0.